The zero-order valence-corrected chi connectivity index (χ0v) is 16.1. The van der Waals surface area contributed by atoms with Gasteiger partial charge in [0, 0.05) is 16.9 Å². The highest BCUT2D eigenvalue weighted by molar-refractivity contribution is 7.92. The minimum absolute atomic E-state index is 0.0314. The molecule has 0 aliphatic rings. The van der Waals surface area contributed by atoms with Gasteiger partial charge in [0.2, 0.25) is 0 Å². The van der Waals surface area contributed by atoms with Crippen LogP contribution in [0.15, 0.2) is 77.7 Å². The van der Waals surface area contributed by atoms with Crippen LogP contribution >= 0.6 is 23.2 Å². The fourth-order valence-electron chi connectivity index (χ4n) is 2.31. The van der Waals surface area contributed by atoms with E-state index in [1.807, 2.05) is 6.07 Å². The topological polar surface area (TPSA) is 75.3 Å². The third kappa shape index (κ3) is 4.80. The van der Waals surface area contributed by atoms with Gasteiger partial charge < -0.3 is 5.32 Å². The number of hydrogen-bond acceptors (Lipinski definition) is 3. The molecule has 0 saturated carbocycles. The molecule has 2 N–H and O–H groups in total. The Morgan fingerprint density at radius 2 is 1.48 bits per heavy atom. The monoisotopic (exact) mass is 420 g/mol. The number of para-hydroxylation sites is 1. The van der Waals surface area contributed by atoms with Crippen molar-refractivity contribution in [2.45, 2.75) is 4.90 Å². The Bertz CT molecular complexity index is 1090. The number of nitrogens with one attached hydrogen (secondary N) is 2. The van der Waals surface area contributed by atoms with Crippen LogP contribution in [0.4, 0.5) is 11.4 Å². The van der Waals surface area contributed by atoms with E-state index in [1.165, 1.54) is 24.3 Å². The normalized spacial score (nSPS) is 11.0. The zero-order valence-electron chi connectivity index (χ0n) is 13.8. The summed E-state index contributed by atoms with van der Waals surface area (Å²) in [6.45, 7) is 0. The van der Waals surface area contributed by atoms with Gasteiger partial charge in [0.05, 0.1) is 14.9 Å². The van der Waals surface area contributed by atoms with Crippen LogP contribution < -0.4 is 10.0 Å². The molecule has 5 nitrogen and oxygen atoms in total. The second-order valence-corrected chi connectivity index (χ2v) is 8.08. The van der Waals surface area contributed by atoms with Gasteiger partial charge >= 0.3 is 0 Å². The number of benzene rings is 3. The van der Waals surface area contributed by atoms with Gasteiger partial charge in [-0.15, -0.1) is 0 Å². The van der Waals surface area contributed by atoms with Crippen LogP contribution in [0.5, 0.6) is 0 Å². The molecule has 0 fully saturated rings. The molecule has 1 amide bonds. The van der Waals surface area contributed by atoms with Crippen molar-refractivity contribution < 1.29 is 13.2 Å². The maximum absolute atomic E-state index is 12.5. The van der Waals surface area contributed by atoms with Crippen LogP contribution in [0.3, 0.4) is 0 Å². The number of rotatable bonds is 5. The minimum Gasteiger partial charge on any atom is -0.322 e. The highest BCUT2D eigenvalue weighted by Crippen LogP contribution is 2.26. The summed E-state index contributed by atoms with van der Waals surface area (Å²) in [4.78, 5) is 12.3. The molecule has 3 aromatic carbocycles. The molecule has 0 spiro atoms. The Morgan fingerprint density at radius 3 is 2.19 bits per heavy atom. The van der Waals surface area contributed by atoms with Crippen molar-refractivity contribution in [1.29, 1.82) is 0 Å². The van der Waals surface area contributed by atoms with Gasteiger partial charge in [-0.1, -0.05) is 47.5 Å². The van der Waals surface area contributed by atoms with Gasteiger partial charge in [-0.3, -0.25) is 9.52 Å². The van der Waals surface area contributed by atoms with Crippen LogP contribution in [-0.2, 0) is 10.0 Å². The van der Waals surface area contributed by atoms with Gasteiger partial charge in [-0.2, -0.15) is 0 Å². The second-order valence-electron chi connectivity index (χ2n) is 5.58. The van der Waals surface area contributed by atoms with E-state index in [2.05, 4.69) is 10.0 Å². The Kier molecular flexibility index (Phi) is 5.70. The van der Waals surface area contributed by atoms with Crippen molar-refractivity contribution in [3.05, 3.63) is 88.4 Å². The smallest absolute Gasteiger partial charge is 0.261 e. The number of anilines is 2. The molecule has 0 radical (unpaired) electrons. The molecule has 3 aromatic rings. The Hall–Kier alpha value is -2.54. The number of carbonyl (C=O) groups is 1. The second kappa shape index (κ2) is 8.00. The average Bonchev–Trinajstić information content (AvgIpc) is 2.64. The van der Waals surface area contributed by atoms with Crippen LogP contribution in [0, 0.1) is 0 Å². The first-order chi connectivity index (χ1) is 12.8. The van der Waals surface area contributed by atoms with E-state index < -0.39 is 10.0 Å². The standard InChI is InChI=1S/C19H14Cl2N2O3S/c20-17-10-9-16(12-18(17)21)27(25,26)23-15-8-4-5-13(11-15)19(24)22-14-6-2-1-3-7-14/h1-12,23H,(H,22,24). The van der Waals surface area contributed by atoms with Crippen LogP contribution in [0.1, 0.15) is 10.4 Å². The highest BCUT2D eigenvalue weighted by atomic mass is 35.5. The molecule has 0 saturated heterocycles. The predicted molar refractivity (Wildman–Crippen MR) is 108 cm³/mol. The van der Waals surface area contributed by atoms with Gasteiger partial charge in [0.25, 0.3) is 15.9 Å². The number of hydrogen-bond donors (Lipinski definition) is 2. The number of amides is 1. The molecule has 8 heteroatoms. The molecule has 0 atom stereocenters. The predicted octanol–water partition coefficient (Wildman–Crippen LogP) is 5.05. The van der Waals surface area contributed by atoms with Crippen molar-refractivity contribution in [3.63, 3.8) is 0 Å². The molecule has 0 unspecified atom stereocenters. The van der Waals surface area contributed by atoms with Crippen molar-refractivity contribution in [3.8, 4) is 0 Å². The van der Waals surface area contributed by atoms with E-state index >= 15 is 0 Å². The van der Waals surface area contributed by atoms with Crippen molar-refractivity contribution in [2.24, 2.45) is 0 Å². The van der Waals surface area contributed by atoms with Gasteiger partial charge in [-0.25, -0.2) is 8.42 Å². The number of halogens is 2. The number of carbonyl (C=O) groups excluding carboxylic acids is 1. The first-order valence-electron chi connectivity index (χ1n) is 7.79. The molecule has 0 aromatic heterocycles. The molecule has 27 heavy (non-hydrogen) atoms. The van der Waals surface area contributed by atoms with Gasteiger partial charge in [-0.05, 0) is 48.5 Å². The molecule has 0 aliphatic heterocycles. The van der Waals surface area contributed by atoms with E-state index in [0.29, 0.717) is 11.3 Å². The van der Waals surface area contributed by atoms with Crippen molar-refractivity contribution in [2.75, 3.05) is 10.0 Å². The molecule has 138 valence electrons. The van der Waals surface area contributed by atoms with Crippen LogP contribution in [0.25, 0.3) is 0 Å². The summed E-state index contributed by atoms with van der Waals surface area (Å²) >= 11 is 11.7. The third-order valence-corrected chi connectivity index (χ3v) is 5.73. The summed E-state index contributed by atoms with van der Waals surface area (Å²) < 4.78 is 27.5. The first-order valence-corrected chi connectivity index (χ1v) is 10.0. The maximum Gasteiger partial charge on any atom is 0.261 e. The Balaban J connectivity index is 1.80. The fraction of sp³-hybridized carbons (Fsp3) is 0. The SMILES string of the molecule is O=C(Nc1ccccc1)c1cccc(NS(=O)(=O)c2ccc(Cl)c(Cl)c2)c1. The largest absolute Gasteiger partial charge is 0.322 e. The lowest BCUT2D eigenvalue weighted by Gasteiger charge is -2.10. The Labute approximate surface area is 167 Å². The number of sulfonamides is 1. The van der Waals surface area contributed by atoms with E-state index in [4.69, 9.17) is 23.2 Å². The molecule has 3 rings (SSSR count). The first kappa shape index (κ1) is 19.2. The molecular formula is C19H14Cl2N2O3S. The quantitative estimate of drug-likeness (QED) is 0.606. The minimum atomic E-state index is -3.88. The summed E-state index contributed by atoms with van der Waals surface area (Å²) in [5.74, 6) is -0.350. The lowest BCUT2D eigenvalue weighted by molar-refractivity contribution is 0.102. The van der Waals surface area contributed by atoms with Crippen molar-refractivity contribution in [1.82, 2.24) is 0 Å². The van der Waals surface area contributed by atoms with Gasteiger partial charge in [0.15, 0.2) is 0 Å². The summed E-state index contributed by atoms with van der Waals surface area (Å²) in [5.41, 5.74) is 1.21. The fourth-order valence-corrected chi connectivity index (χ4v) is 3.74. The van der Waals surface area contributed by atoms with Gasteiger partial charge in [0.1, 0.15) is 0 Å². The molecule has 0 bridgehead atoms. The Morgan fingerprint density at radius 1 is 0.778 bits per heavy atom. The molecular weight excluding hydrogens is 407 g/mol. The highest BCUT2D eigenvalue weighted by Gasteiger charge is 2.16. The summed E-state index contributed by atoms with van der Waals surface area (Å²) in [6, 6.07) is 19.2. The zero-order chi connectivity index (χ0) is 19.4. The van der Waals surface area contributed by atoms with Crippen LogP contribution in [-0.4, -0.2) is 14.3 Å². The van der Waals surface area contributed by atoms with Crippen molar-refractivity contribution >= 4 is 50.5 Å². The molecule has 0 aliphatic carbocycles. The van der Waals surface area contributed by atoms with E-state index in [9.17, 15) is 13.2 Å². The molecule has 0 heterocycles. The van der Waals surface area contributed by atoms with E-state index in [1.54, 1.807) is 42.5 Å². The summed E-state index contributed by atoms with van der Waals surface area (Å²) in [6.07, 6.45) is 0. The van der Waals surface area contributed by atoms with E-state index in [0.717, 1.165) is 0 Å². The van der Waals surface area contributed by atoms with E-state index in [-0.39, 0.29) is 26.5 Å². The average molecular weight is 421 g/mol. The third-order valence-electron chi connectivity index (χ3n) is 3.61. The lowest BCUT2D eigenvalue weighted by atomic mass is 10.2. The van der Waals surface area contributed by atoms with Crippen LogP contribution in [0.2, 0.25) is 10.0 Å². The lowest BCUT2D eigenvalue weighted by Crippen LogP contribution is -2.15. The summed E-state index contributed by atoms with van der Waals surface area (Å²) in [5, 5.41) is 3.14. The summed E-state index contributed by atoms with van der Waals surface area (Å²) in [7, 11) is -3.88. The maximum atomic E-state index is 12.5.